The maximum atomic E-state index is 11.8. The van der Waals surface area contributed by atoms with Gasteiger partial charge in [-0.2, -0.15) is 0 Å². The van der Waals surface area contributed by atoms with Crippen molar-refractivity contribution in [1.82, 2.24) is 4.90 Å². The predicted molar refractivity (Wildman–Crippen MR) is 73.3 cm³/mol. The molecule has 0 unspecified atom stereocenters. The van der Waals surface area contributed by atoms with Crippen LogP contribution in [0.4, 0.5) is 11.4 Å². The number of likely N-dealkylation sites (N-methyl/N-ethyl adjacent to an activating group) is 1. The van der Waals surface area contributed by atoms with Crippen LogP contribution in [-0.2, 0) is 4.79 Å². The number of carbonyl (C=O) groups excluding carboxylic acids is 1. The first-order valence-corrected chi connectivity index (χ1v) is 5.83. The van der Waals surface area contributed by atoms with Crippen molar-refractivity contribution in [3.63, 3.8) is 0 Å². The largest absolute Gasteiger partial charge is 0.397 e. The van der Waals surface area contributed by atoms with Crippen molar-refractivity contribution < 1.29 is 9.90 Å². The lowest BCUT2D eigenvalue weighted by Crippen LogP contribution is -2.40. The molecule has 0 aromatic heterocycles. The fourth-order valence-electron chi connectivity index (χ4n) is 1.76. The molecule has 0 fully saturated rings. The summed E-state index contributed by atoms with van der Waals surface area (Å²) in [4.78, 5) is 13.5. The third kappa shape index (κ3) is 5.16. The lowest BCUT2D eigenvalue weighted by atomic mass is 10.1. The molecule has 0 aliphatic rings. The minimum absolute atomic E-state index is 0.153. The molecule has 4 N–H and O–H groups in total. The van der Waals surface area contributed by atoms with Crippen molar-refractivity contribution in [3.8, 4) is 0 Å². The lowest BCUT2D eigenvalue weighted by Gasteiger charge is -2.24. The molecule has 0 saturated heterocycles. The van der Waals surface area contributed by atoms with Crippen molar-refractivity contribution >= 4 is 17.3 Å². The zero-order valence-electron chi connectivity index (χ0n) is 11.1. The molecule has 0 bridgehead atoms. The van der Waals surface area contributed by atoms with E-state index in [1.54, 1.807) is 37.9 Å². The van der Waals surface area contributed by atoms with Crippen LogP contribution in [0.5, 0.6) is 0 Å². The van der Waals surface area contributed by atoms with Crippen molar-refractivity contribution in [2.24, 2.45) is 0 Å². The van der Waals surface area contributed by atoms with E-state index in [0.717, 1.165) is 0 Å². The first-order valence-electron chi connectivity index (χ1n) is 5.83. The molecule has 0 heterocycles. The topological polar surface area (TPSA) is 78.6 Å². The monoisotopic (exact) mass is 251 g/mol. The van der Waals surface area contributed by atoms with E-state index >= 15 is 0 Å². The zero-order chi connectivity index (χ0) is 13.8. The summed E-state index contributed by atoms with van der Waals surface area (Å²) in [5.74, 6) is -0.153. The first kappa shape index (κ1) is 14.5. The van der Waals surface area contributed by atoms with Gasteiger partial charge in [-0.05, 0) is 33.0 Å². The number of carbonyl (C=O) groups is 1. The smallest absolute Gasteiger partial charge is 0.238 e. The second-order valence-corrected chi connectivity index (χ2v) is 5.12. The van der Waals surface area contributed by atoms with Crippen LogP contribution in [0, 0.1) is 0 Å². The summed E-state index contributed by atoms with van der Waals surface area (Å²) >= 11 is 0. The second-order valence-electron chi connectivity index (χ2n) is 5.12. The summed E-state index contributed by atoms with van der Waals surface area (Å²) in [6, 6.07) is 7.11. The average Bonchev–Trinajstić information content (AvgIpc) is 2.18. The van der Waals surface area contributed by atoms with Gasteiger partial charge >= 0.3 is 0 Å². The highest BCUT2D eigenvalue weighted by molar-refractivity contribution is 5.95. The van der Waals surface area contributed by atoms with Gasteiger partial charge in [0.2, 0.25) is 5.91 Å². The van der Waals surface area contributed by atoms with Crippen LogP contribution in [0.1, 0.15) is 13.8 Å². The predicted octanol–water partition coefficient (Wildman–Crippen LogP) is 0.910. The average molecular weight is 251 g/mol. The van der Waals surface area contributed by atoms with E-state index in [-0.39, 0.29) is 12.5 Å². The zero-order valence-corrected chi connectivity index (χ0v) is 11.1. The number of rotatable bonds is 5. The fraction of sp³-hybridized carbons (Fsp3) is 0.462. The van der Waals surface area contributed by atoms with Gasteiger partial charge in [-0.25, -0.2) is 0 Å². The first-order chi connectivity index (χ1) is 8.28. The Morgan fingerprint density at radius 3 is 2.61 bits per heavy atom. The van der Waals surface area contributed by atoms with Gasteiger partial charge in [0.05, 0.1) is 23.5 Å². The summed E-state index contributed by atoms with van der Waals surface area (Å²) in [7, 11) is 1.78. The minimum Gasteiger partial charge on any atom is -0.397 e. The highest BCUT2D eigenvalue weighted by Gasteiger charge is 2.17. The van der Waals surface area contributed by atoms with Crippen molar-refractivity contribution in [3.05, 3.63) is 24.3 Å². The third-order valence-electron chi connectivity index (χ3n) is 2.31. The summed E-state index contributed by atoms with van der Waals surface area (Å²) in [5.41, 5.74) is 6.06. The Balaban J connectivity index is 2.50. The number of aliphatic hydroxyl groups is 1. The molecule has 1 aromatic rings. The molecule has 0 saturated carbocycles. The summed E-state index contributed by atoms with van der Waals surface area (Å²) in [6.07, 6.45) is 0. The van der Waals surface area contributed by atoms with Gasteiger partial charge in [-0.3, -0.25) is 9.69 Å². The Hall–Kier alpha value is -1.59. The molecule has 1 amide bonds. The van der Waals surface area contributed by atoms with E-state index in [2.05, 4.69) is 5.32 Å². The molecule has 0 atom stereocenters. The number of hydrogen-bond acceptors (Lipinski definition) is 4. The SMILES string of the molecule is CN(CC(=O)Nc1ccccc1N)CC(C)(C)O. The second kappa shape index (κ2) is 5.84. The molecule has 100 valence electrons. The van der Waals surface area contributed by atoms with Crippen LogP contribution < -0.4 is 11.1 Å². The van der Waals surface area contributed by atoms with Crippen LogP contribution in [0.3, 0.4) is 0 Å². The van der Waals surface area contributed by atoms with Gasteiger partial charge in [0.1, 0.15) is 0 Å². The molecule has 0 radical (unpaired) electrons. The van der Waals surface area contributed by atoms with E-state index in [4.69, 9.17) is 5.73 Å². The molecule has 0 spiro atoms. The normalized spacial score (nSPS) is 11.6. The lowest BCUT2D eigenvalue weighted by molar-refractivity contribution is -0.117. The Morgan fingerprint density at radius 1 is 1.44 bits per heavy atom. The van der Waals surface area contributed by atoms with E-state index in [1.165, 1.54) is 0 Å². The van der Waals surface area contributed by atoms with Crippen LogP contribution >= 0.6 is 0 Å². The number of nitrogens with zero attached hydrogens (tertiary/aromatic N) is 1. The van der Waals surface area contributed by atoms with Gasteiger partial charge < -0.3 is 16.2 Å². The van der Waals surface area contributed by atoms with E-state index in [0.29, 0.717) is 17.9 Å². The molecule has 1 rings (SSSR count). The van der Waals surface area contributed by atoms with Crippen LogP contribution in [0.2, 0.25) is 0 Å². The van der Waals surface area contributed by atoms with E-state index < -0.39 is 5.60 Å². The van der Waals surface area contributed by atoms with E-state index in [9.17, 15) is 9.90 Å². The maximum absolute atomic E-state index is 11.8. The van der Waals surface area contributed by atoms with Crippen molar-refractivity contribution in [2.75, 3.05) is 31.2 Å². The molecule has 0 aliphatic heterocycles. The Labute approximate surface area is 108 Å². The molecular weight excluding hydrogens is 230 g/mol. The molecular formula is C13H21N3O2. The quantitative estimate of drug-likeness (QED) is 0.680. The Morgan fingerprint density at radius 2 is 2.06 bits per heavy atom. The Bertz CT molecular complexity index is 413. The summed E-state index contributed by atoms with van der Waals surface area (Å²) in [6.45, 7) is 4.04. The molecule has 5 heteroatoms. The van der Waals surface area contributed by atoms with E-state index in [1.807, 2.05) is 12.1 Å². The van der Waals surface area contributed by atoms with Crippen molar-refractivity contribution in [2.45, 2.75) is 19.4 Å². The number of hydrogen-bond donors (Lipinski definition) is 3. The minimum atomic E-state index is -0.819. The van der Waals surface area contributed by atoms with Crippen LogP contribution in [-0.4, -0.2) is 41.7 Å². The Kier molecular flexibility index (Phi) is 4.69. The van der Waals surface area contributed by atoms with Crippen molar-refractivity contribution in [1.29, 1.82) is 0 Å². The number of nitrogens with two attached hydrogens (primary N) is 1. The molecule has 18 heavy (non-hydrogen) atoms. The van der Waals surface area contributed by atoms with Gasteiger partial charge in [-0.1, -0.05) is 12.1 Å². The number of nitrogens with one attached hydrogen (secondary N) is 1. The maximum Gasteiger partial charge on any atom is 0.238 e. The standard InChI is InChI=1S/C13H21N3O2/c1-13(2,18)9-16(3)8-12(17)15-11-7-5-4-6-10(11)14/h4-7,18H,8-9,14H2,1-3H3,(H,15,17). The number of nitrogen functional groups attached to an aromatic ring is 1. The number of para-hydroxylation sites is 2. The van der Waals surface area contributed by atoms with Crippen LogP contribution in [0.25, 0.3) is 0 Å². The summed E-state index contributed by atoms with van der Waals surface area (Å²) < 4.78 is 0. The highest BCUT2D eigenvalue weighted by Crippen LogP contribution is 2.16. The molecule has 1 aromatic carbocycles. The molecule has 5 nitrogen and oxygen atoms in total. The summed E-state index contributed by atoms with van der Waals surface area (Å²) in [5, 5.41) is 12.4. The molecule has 0 aliphatic carbocycles. The fourth-order valence-corrected chi connectivity index (χ4v) is 1.76. The number of benzene rings is 1. The van der Waals surface area contributed by atoms with Crippen LogP contribution in [0.15, 0.2) is 24.3 Å². The van der Waals surface area contributed by atoms with Gasteiger partial charge in [0.15, 0.2) is 0 Å². The number of anilines is 2. The van der Waals surface area contributed by atoms with Gasteiger partial charge in [0.25, 0.3) is 0 Å². The highest BCUT2D eigenvalue weighted by atomic mass is 16.3. The van der Waals surface area contributed by atoms with Gasteiger partial charge in [-0.15, -0.1) is 0 Å². The third-order valence-corrected chi connectivity index (χ3v) is 2.31. The number of amides is 1. The van der Waals surface area contributed by atoms with Gasteiger partial charge in [0, 0.05) is 6.54 Å².